The lowest BCUT2D eigenvalue weighted by molar-refractivity contribution is -0.00775. The second-order valence-electron chi connectivity index (χ2n) is 9.47. The van der Waals surface area contributed by atoms with Crippen LogP contribution in [0.3, 0.4) is 0 Å². The number of rotatable bonds is 7. The first-order chi connectivity index (χ1) is 19.7. The van der Waals surface area contributed by atoms with Gasteiger partial charge in [-0.05, 0) is 42.7 Å². The summed E-state index contributed by atoms with van der Waals surface area (Å²) in [4.78, 5) is 25.3. The predicted octanol–water partition coefficient (Wildman–Crippen LogP) is 8.06. The van der Waals surface area contributed by atoms with Crippen molar-refractivity contribution in [2.75, 3.05) is 0 Å². The van der Waals surface area contributed by atoms with E-state index in [1.165, 1.54) is 17.7 Å². The second kappa shape index (κ2) is 10.3. The number of carbonyl (C=O) groups excluding carboxylic acids is 2. The fourth-order valence-electron chi connectivity index (χ4n) is 5.08. The molecule has 0 N–H and O–H groups in total. The second-order valence-corrected chi connectivity index (χ2v) is 10.2. The number of benzene rings is 4. The minimum absolute atomic E-state index is 0.0691. The molecule has 0 saturated heterocycles. The van der Waals surface area contributed by atoms with E-state index in [-0.39, 0.29) is 28.2 Å². The molecule has 6 rings (SSSR count). The first kappa shape index (κ1) is 27.0. The van der Waals surface area contributed by atoms with Gasteiger partial charge in [-0.3, -0.25) is 9.59 Å². The van der Waals surface area contributed by atoms with Crippen LogP contribution in [0.25, 0.3) is 27.4 Å². The number of aromatic nitrogens is 1. The van der Waals surface area contributed by atoms with Crippen molar-refractivity contribution in [3.8, 4) is 5.69 Å². The number of nitrogens with zero attached hydrogens (tertiary/aromatic N) is 2. The fourth-order valence-corrected chi connectivity index (χ4v) is 5.69. The number of carbonyl (C=O) groups is 2. The van der Waals surface area contributed by atoms with Crippen LogP contribution < -0.4 is 0 Å². The lowest BCUT2D eigenvalue weighted by atomic mass is 9.94. The number of hydrogen-bond donors (Lipinski definition) is 0. The minimum atomic E-state index is -2.33. The average Bonchev–Trinajstić information content (AvgIpc) is 3.36. The van der Waals surface area contributed by atoms with Crippen molar-refractivity contribution in [1.82, 2.24) is 9.63 Å². The molecule has 1 aliphatic heterocycles. The topological polar surface area (TPSA) is 51.5 Å². The van der Waals surface area contributed by atoms with Crippen LogP contribution in [0, 0.1) is 29.1 Å². The maximum absolute atomic E-state index is 14.1. The van der Waals surface area contributed by atoms with Gasteiger partial charge >= 0.3 is 0 Å². The van der Waals surface area contributed by atoms with E-state index in [2.05, 4.69) is 6.92 Å². The van der Waals surface area contributed by atoms with Gasteiger partial charge in [-0.25, -0.2) is 22.0 Å². The molecule has 1 aliphatic rings. The number of imide groups is 1. The molecule has 208 valence electrons. The summed E-state index contributed by atoms with van der Waals surface area (Å²) in [5, 5.41) is 2.30. The Kier molecular flexibility index (Phi) is 6.79. The van der Waals surface area contributed by atoms with E-state index >= 15 is 0 Å². The maximum atomic E-state index is 14.1. The Morgan fingerprint density at radius 1 is 0.756 bits per heavy atom. The van der Waals surface area contributed by atoms with Crippen LogP contribution in [0.4, 0.5) is 22.0 Å². The summed E-state index contributed by atoms with van der Waals surface area (Å²) in [6.45, 7) is 2.12. The van der Waals surface area contributed by atoms with Gasteiger partial charge in [0.1, 0.15) is 4.90 Å². The van der Waals surface area contributed by atoms with E-state index < -0.39 is 45.8 Å². The van der Waals surface area contributed by atoms with Crippen molar-refractivity contribution < 1.29 is 35.8 Å². The molecule has 0 fully saturated rings. The molecule has 0 spiro atoms. The SMILES string of the molecule is CCCCc1cn(-c2ccc3c4c(cccc24)C(=O)N(OSc2c(F)c(F)c(F)c(F)c2F)C3=O)c2ccccc12. The number of hydrogen-bond acceptors (Lipinski definition) is 4. The zero-order valence-electron chi connectivity index (χ0n) is 21.3. The number of unbranched alkanes of at least 4 members (excludes halogenated alkanes) is 1. The standard InChI is InChI=1S/C30H19F5N2O3S/c1-2-3-7-15-14-36(20-11-5-4-8-16(15)20)21-13-12-19-22-17(21)9-6-10-18(22)29(38)37(30(19)39)40-41-28-26(34)24(32)23(31)25(33)27(28)35/h4-6,8-14H,2-3,7H2,1H3. The number of hydroxylamine groups is 2. The summed E-state index contributed by atoms with van der Waals surface area (Å²) in [6, 6.07) is 16.0. The third-order valence-electron chi connectivity index (χ3n) is 7.07. The molecular formula is C30H19F5N2O3S. The van der Waals surface area contributed by atoms with Crippen molar-refractivity contribution >= 4 is 45.5 Å². The van der Waals surface area contributed by atoms with E-state index in [0.717, 1.165) is 35.9 Å². The molecule has 2 amide bonds. The summed E-state index contributed by atoms with van der Waals surface area (Å²) < 4.78 is 76.0. The number of amides is 2. The number of para-hydroxylation sites is 1. The van der Waals surface area contributed by atoms with E-state index in [4.69, 9.17) is 4.28 Å². The molecule has 0 radical (unpaired) electrons. The van der Waals surface area contributed by atoms with Gasteiger partial charge in [-0.2, -0.15) is 4.28 Å². The molecule has 5 aromatic rings. The Bertz CT molecular complexity index is 1850. The molecule has 0 bridgehead atoms. The van der Waals surface area contributed by atoms with Crippen molar-refractivity contribution in [3.63, 3.8) is 0 Å². The van der Waals surface area contributed by atoms with Crippen molar-refractivity contribution in [2.45, 2.75) is 31.1 Å². The van der Waals surface area contributed by atoms with Gasteiger partial charge in [0.25, 0.3) is 11.8 Å². The van der Waals surface area contributed by atoms with Crippen LogP contribution in [-0.4, -0.2) is 21.4 Å². The Morgan fingerprint density at radius 2 is 1.39 bits per heavy atom. The average molecular weight is 583 g/mol. The van der Waals surface area contributed by atoms with Crippen molar-refractivity contribution in [1.29, 1.82) is 0 Å². The summed E-state index contributed by atoms with van der Waals surface area (Å²) in [5.74, 6) is -12.9. The molecular weight excluding hydrogens is 563 g/mol. The quantitative estimate of drug-likeness (QED) is 0.0641. The number of aryl methyl sites for hydroxylation is 1. The Morgan fingerprint density at radius 3 is 2.10 bits per heavy atom. The number of halogens is 5. The normalized spacial score (nSPS) is 13.2. The molecule has 41 heavy (non-hydrogen) atoms. The summed E-state index contributed by atoms with van der Waals surface area (Å²) in [7, 11) is 0. The van der Waals surface area contributed by atoms with E-state index in [0.29, 0.717) is 10.8 Å². The summed E-state index contributed by atoms with van der Waals surface area (Å²) in [5.41, 5.74) is 2.99. The van der Waals surface area contributed by atoms with Crippen LogP contribution in [0.1, 0.15) is 46.0 Å². The Labute approximate surface area is 234 Å². The van der Waals surface area contributed by atoms with Gasteiger partial charge in [0, 0.05) is 22.4 Å². The Balaban J connectivity index is 1.41. The first-order valence-electron chi connectivity index (χ1n) is 12.6. The molecule has 5 nitrogen and oxygen atoms in total. The van der Waals surface area contributed by atoms with Crippen LogP contribution in [0.2, 0.25) is 0 Å². The van der Waals surface area contributed by atoms with Crippen molar-refractivity contribution in [3.05, 3.63) is 107 Å². The Hall–Kier alpha value is -4.22. The fraction of sp³-hybridized carbons (Fsp3) is 0.133. The largest absolute Gasteiger partial charge is 0.316 e. The van der Waals surface area contributed by atoms with Gasteiger partial charge in [0.05, 0.1) is 34.4 Å². The highest BCUT2D eigenvalue weighted by atomic mass is 32.2. The molecule has 0 atom stereocenters. The van der Waals surface area contributed by atoms with Crippen LogP contribution in [0.5, 0.6) is 0 Å². The van der Waals surface area contributed by atoms with Gasteiger partial charge in [0.2, 0.25) is 5.82 Å². The molecule has 1 aromatic heterocycles. The molecule has 2 heterocycles. The predicted molar refractivity (Wildman–Crippen MR) is 143 cm³/mol. The highest BCUT2D eigenvalue weighted by Gasteiger charge is 2.36. The molecule has 4 aromatic carbocycles. The van der Waals surface area contributed by atoms with Gasteiger partial charge in [0.15, 0.2) is 23.3 Å². The van der Waals surface area contributed by atoms with Crippen LogP contribution >= 0.6 is 12.0 Å². The van der Waals surface area contributed by atoms with E-state index in [1.807, 2.05) is 35.0 Å². The third kappa shape index (κ3) is 4.18. The smallest absolute Gasteiger partial charge is 0.286 e. The number of fused-ring (bicyclic) bond motifs is 1. The zero-order chi connectivity index (χ0) is 29.0. The van der Waals surface area contributed by atoms with E-state index in [9.17, 15) is 31.5 Å². The molecule has 0 unspecified atom stereocenters. The van der Waals surface area contributed by atoms with Gasteiger partial charge < -0.3 is 4.57 Å². The van der Waals surface area contributed by atoms with Crippen molar-refractivity contribution in [2.24, 2.45) is 0 Å². The maximum Gasteiger partial charge on any atom is 0.286 e. The van der Waals surface area contributed by atoms with Crippen LogP contribution in [-0.2, 0) is 10.7 Å². The van der Waals surface area contributed by atoms with Gasteiger partial charge in [-0.1, -0.05) is 43.7 Å². The first-order valence-corrected chi connectivity index (χ1v) is 13.4. The third-order valence-corrected chi connectivity index (χ3v) is 7.81. The van der Waals surface area contributed by atoms with Crippen LogP contribution in [0.15, 0.2) is 65.7 Å². The van der Waals surface area contributed by atoms with Gasteiger partial charge in [-0.15, -0.1) is 5.06 Å². The highest BCUT2D eigenvalue weighted by molar-refractivity contribution is 7.94. The molecule has 0 aliphatic carbocycles. The lowest BCUT2D eigenvalue weighted by Gasteiger charge is -2.26. The molecule has 0 saturated carbocycles. The zero-order valence-corrected chi connectivity index (χ0v) is 22.1. The van der Waals surface area contributed by atoms with E-state index in [1.54, 1.807) is 18.2 Å². The highest BCUT2D eigenvalue weighted by Crippen LogP contribution is 2.38. The lowest BCUT2D eigenvalue weighted by Crippen LogP contribution is -2.38. The monoisotopic (exact) mass is 582 g/mol. The molecule has 11 heteroatoms. The summed E-state index contributed by atoms with van der Waals surface area (Å²) in [6.07, 6.45) is 4.98. The summed E-state index contributed by atoms with van der Waals surface area (Å²) >= 11 is -0.317. The minimum Gasteiger partial charge on any atom is -0.316 e.